The second-order valence-electron chi connectivity index (χ2n) is 7.79. The summed E-state index contributed by atoms with van der Waals surface area (Å²) in [5.74, 6) is 0.773. The van der Waals surface area contributed by atoms with E-state index < -0.39 is 0 Å². The second-order valence-corrected chi connectivity index (χ2v) is 7.79. The van der Waals surface area contributed by atoms with Crippen LogP contribution in [0.5, 0.6) is 0 Å². The molecular weight excluding hydrogens is 402 g/mol. The van der Waals surface area contributed by atoms with Gasteiger partial charge in [0.1, 0.15) is 0 Å². The number of para-hydroxylation sites is 1. The van der Waals surface area contributed by atoms with Crippen molar-refractivity contribution in [3.05, 3.63) is 100 Å². The first kappa shape index (κ1) is 21.4. The molecule has 0 spiro atoms. The Balaban J connectivity index is 1.30. The highest BCUT2D eigenvalue weighted by atomic mass is 16.2. The average molecular weight is 430 g/mol. The van der Waals surface area contributed by atoms with Gasteiger partial charge in [0.05, 0.1) is 12.6 Å². The van der Waals surface area contributed by atoms with Crippen molar-refractivity contribution in [2.45, 2.75) is 25.6 Å². The molecule has 1 atom stereocenters. The van der Waals surface area contributed by atoms with E-state index in [0.29, 0.717) is 32.0 Å². The van der Waals surface area contributed by atoms with Crippen molar-refractivity contribution in [1.82, 2.24) is 15.2 Å². The number of anilines is 1. The SMILES string of the molecule is CN=C(NCc1ccc(Cn2ccccc2=O)cc1)NC1CC(=O)N(c2ccccc2)C1. The predicted molar refractivity (Wildman–Crippen MR) is 127 cm³/mol. The Morgan fingerprint density at radius 3 is 2.41 bits per heavy atom. The zero-order valence-electron chi connectivity index (χ0n) is 18.1. The highest BCUT2D eigenvalue weighted by molar-refractivity contribution is 5.97. The number of hydrogen-bond donors (Lipinski definition) is 2. The highest BCUT2D eigenvalue weighted by Gasteiger charge is 2.30. The minimum absolute atomic E-state index is 0.000432. The van der Waals surface area contributed by atoms with E-state index in [4.69, 9.17) is 0 Å². The first-order valence-corrected chi connectivity index (χ1v) is 10.7. The standard InChI is InChI=1S/C25H27N5O2/c1-26-25(28-21-15-24(32)30(18-21)22-7-3-2-4-8-22)27-16-19-10-12-20(13-11-19)17-29-14-6-5-9-23(29)31/h2-14,21H,15-18H2,1H3,(H2,26,27,28). The van der Waals surface area contributed by atoms with Gasteiger partial charge in [0.2, 0.25) is 5.91 Å². The third kappa shape index (κ3) is 5.24. The van der Waals surface area contributed by atoms with Crippen molar-refractivity contribution in [1.29, 1.82) is 0 Å². The lowest BCUT2D eigenvalue weighted by molar-refractivity contribution is -0.117. The van der Waals surface area contributed by atoms with Crippen LogP contribution in [-0.4, -0.2) is 36.1 Å². The summed E-state index contributed by atoms with van der Waals surface area (Å²) in [6.45, 7) is 1.76. The van der Waals surface area contributed by atoms with Crippen molar-refractivity contribution in [2.75, 3.05) is 18.5 Å². The summed E-state index contributed by atoms with van der Waals surface area (Å²) in [6, 6.07) is 23.0. The van der Waals surface area contributed by atoms with Crippen LogP contribution in [0.1, 0.15) is 17.5 Å². The molecule has 1 fully saturated rings. The van der Waals surface area contributed by atoms with Crippen LogP contribution in [0.2, 0.25) is 0 Å². The monoisotopic (exact) mass is 429 g/mol. The van der Waals surface area contributed by atoms with Crippen LogP contribution in [0.3, 0.4) is 0 Å². The normalized spacial score (nSPS) is 16.3. The van der Waals surface area contributed by atoms with E-state index in [0.717, 1.165) is 16.8 Å². The number of amides is 1. The number of rotatable bonds is 6. The van der Waals surface area contributed by atoms with Gasteiger partial charge in [-0.25, -0.2) is 0 Å². The van der Waals surface area contributed by atoms with E-state index in [-0.39, 0.29) is 17.5 Å². The molecule has 2 aromatic carbocycles. The molecule has 32 heavy (non-hydrogen) atoms. The summed E-state index contributed by atoms with van der Waals surface area (Å²) in [7, 11) is 1.72. The molecule has 1 aliphatic rings. The van der Waals surface area contributed by atoms with Crippen LogP contribution in [0.25, 0.3) is 0 Å². The summed E-state index contributed by atoms with van der Waals surface area (Å²) < 4.78 is 1.68. The van der Waals surface area contributed by atoms with E-state index >= 15 is 0 Å². The Hall–Kier alpha value is -3.87. The van der Waals surface area contributed by atoms with E-state index in [1.54, 1.807) is 29.9 Å². The van der Waals surface area contributed by atoms with Crippen LogP contribution in [0.4, 0.5) is 5.69 Å². The minimum Gasteiger partial charge on any atom is -0.352 e. The summed E-state index contributed by atoms with van der Waals surface area (Å²) in [5.41, 5.74) is 3.08. The van der Waals surface area contributed by atoms with Crippen molar-refractivity contribution in [2.24, 2.45) is 4.99 Å². The molecule has 7 nitrogen and oxygen atoms in total. The fraction of sp³-hybridized carbons (Fsp3) is 0.240. The van der Waals surface area contributed by atoms with Crippen LogP contribution in [0, 0.1) is 0 Å². The number of carbonyl (C=O) groups is 1. The fourth-order valence-corrected chi connectivity index (χ4v) is 3.79. The van der Waals surface area contributed by atoms with Gasteiger partial charge in [-0.15, -0.1) is 0 Å². The molecule has 164 valence electrons. The molecule has 2 heterocycles. The minimum atomic E-state index is -0.00987. The van der Waals surface area contributed by atoms with Crippen LogP contribution < -0.4 is 21.1 Å². The number of guanidine groups is 1. The lowest BCUT2D eigenvalue weighted by atomic mass is 10.1. The van der Waals surface area contributed by atoms with Gasteiger partial charge >= 0.3 is 0 Å². The van der Waals surface area contributed by atoms with Gasteiger partial charge in [-0.1, -0.05) is 48.5 Å². The fourth-order valence-electron chi connectivity index (χ4n) is 3.79. The Bertz CT molecular complexity index is 1140. The Labute approximate surface area is 187 Å². The van der Waals surface area contributed by atoms with Gasteiger partial charge < -0.3 is 20.1 Å². The molecule has 0 bridgehead atoms. The quantitative estimate of drug-likeness (QED) is 0.466. The number of hydrogen-bond acceptors (Lipinski definition) is 3. The van der Waals surface area contributed by atoms with E-state index in [1.807, 2.05) is 65.6 Å². The van der Waals surface area contributed by atoms with Crippen molar-refractivity contribution < 1.29 is 4.79 Å². The maximum Gasteiger partial charge on any atom is 0.250 e. The van der Waals surface area contributed by atoms with E-state index in [9.17, 15) is 9.59 Å². The number of carbonyl (C=O) groups excluding carboxylic acids is 1. The van der Waals surface area contributed by atoms with Gasteiger partial charge in [-0.2, -0.15) is 0 Å². The third-order valence-electron chi connectivity index (χ3n) is 5.49. The van der Waals surface area contributed by atoms with Crippen LogP contribution in [0.15, 0.2) is 88.8 Å². The lowest BCUT2D eigenvalue weighted by Gasteiger charge is -2.19. The van der Waals surface area contributed by atoms with Crippen molar-refractivity contribution in [3.63, 3.8) is 0 Å². The maximum atomic E-state index is 12.4. The molecule has 1 aromatic heterocycles. The predicted octanol–water partition coefficient (Wildman–Crippen LogP) is 2.37. The van der Waals surface area contributed by atoms with Crippen molar-refractivity contribution >= 4 is 17.6 Å². The molecule has 1 amide bonds. The average Bonchev–Trinajstić information content (AvgIpc) is 3.19. The smallest absolute Gasteiger partial charge is 0.250 e. The molecular formula is C25H27N5O2. The van der Waals surface area contributed by atoms with Gasteiger partial charge in [0, 0.05) is 44.5 Å². The van der Waals surface area contributed by atoms with Crippen LogP contribution in [-0.2, 0) is 17.9 Å². The van der Waals surface area contributed by atoms with E-state index in [2.05, 4.69) is 15.6 Å². The molecule has 1 unspecified atom stereocenters. The number of nitrogens with one attached hydrogen (secondary N) is 2. The third-order valence-corrected chi connectivity index (χ3v) is 5.49. The number of pyridine rings is 1. The Kier molecular flexibility index (Phi) is 6.65. The molecule has 2 N–H and O–H groups in total. The van der Waals surface area contributed by atoms with E-state index in [1.165, 1.54) is 0 Å². The first-order valence-electron chi connectivity index (χ1n) is 10.7. The zero-order chi connectivity index (χ0) is 22.3. The molecule has 1 aliphatic heterocycles. The van der Waals surface area contributed by atoms with Gasteiger partial charge in [-0.05, 0) is 29.3 Å². The largest absolute Gasteiger partial charge is 0.352 e. The summed E-state index contributed by atoms with van der Waals surface area (Å²) in [4.78, 5) is 30.4. The Morgan fingerprint density at radius 1 is 0.969 bits per heavy atom. The molecule has 7 heteroatoms. The molecule has 4 rings (SSSR count). The van der Waals surface area contributed by atoms with Gasteiger partial charge in [-0.3, -0.25) is 14.6 Å². The lowest BCUT2D eigenvalue weighted by Crippen LogP contribution is -2.44. The topological polar surface area (TPSA) is 78.7 Å². The molecule has 0 radical (unpaired) electrons. The molecule has 3 aromatic rings. The Morgan fingerprint density at radius 2 is 1.69 bits per heavy atom. The number of aromatic nitrogens is 1. The number of benzene rings is 2. The number of nitrogens with zero attached hydrogens (tertiary/aromatic N) is 3. The summed E-state index contributed by atoms with van der Waals surface area (Å²) in [5, 5.41) is 6.67. The second kappa shape index (κ2) is 9.96. The van der Waals surface area contributed by atoms with Gasteiger partial charge in [0.25, 0.3) is 5.56 Å². The van der Waals surface area contributed by atoms with Crippen LogP contribution >= 0.6 is 0 Å². The zero-order valence-corrected chi connectivity index (χ0v) is 18.1. The molecule has 0 saturated carbocycles. The summed E-state index contributed by atoms with van der Waals surface area (Å²) in [6.07, 6.45) is 2.23. The molecule has 0 aliphatic carbocycles. The van der Waals surface area contributed by atoms with Gasteiger partial charge in [0.15, 0.2) is 5.96 Å². The number of aliphatic imine (C=N–C) groups is 1. The maximum absolute atomic E-state index is 12.4. The first-order chi connectivity index (χ1) is 15.6. The molecule has 1 saturated heterocycles. The summed E-state index contributed by atoms with van der Waals surface area (Å²) >= 11 is 0. The van der Waals surface area contributed by atoms with Crippen molar-refractivity contribution in [3.8, 4) is 0 Å². The highest BCUT2D eigenvalue weighted by Crippen LogP contribution is 2.20.